The molecule has 0 bridgehead atoms. The van der Waals surface area contributed by atoms with E-state index in [2.05, 4.69) is 0 Å². The third kappa shape index (κ3) is 2.16. The van der Waals surface area contributed by atoms with Crippen LogP contribution in [-0.2, 0) is 0 Å². The average molecular weight is 197 g/mol. The van der Waals surface area contributed by atoms with Crippen LogP contribution in [0.25, 0.3) is 0 Å². The van der Waals surface area contributed by atoms with Crippen LogP contribution in [0.2, 0.25) is 0 Å². The Labute approximate surface area is 83.3 Å². The molecular weight excluding hydrogens is 182 g/mol. The Morgan fingerprint density at radius 3 is 2.57 bits per heavy atom. The van der Waals surface area contributed by atoms with Crippen molar-refractivity contribution in [1.29, 1.82) is 0 Å². The fraction of sp³-hybridized carbons (Fsp3) is 0.400. The van der Waals surface area contributed by atoms with Gasteiger partial charge in [0, 0.05) is 18.2 Å². The van der Waals surface area contributed by atoms with Crippen molar-refractivity contribution in [3.05, 3.63) is 23.8 Å². The largest absolute Gasteiger partial charge is 0.497 e. The standard InChI is InChI=1S/C10H15NO3/c1-13-7-3-4-8(9(12)6-11)10(5-7)14-2/h3-5,9,12H,6,11H2,1-2H3/t9-/m0/s1. The molecule has 0 radical (unpaired) electrons. The first-order valence-corrected chi connectivity index (χ1v) is 4.33. The Morgan fingerprint density at radius 1 is 1.36 bits per heavy atom. The normalized spacial score (nSPS) is 12.3. The van der Waals surface area contributed by atoms with E-state index in [0.717, 1.165) is 0 Å². The molecule has 1 rings (SSSR count). The number of hydrogen-bond acceptors (Lipinski definition) is 4. The summed E-state index contributed by atoms with van der Waals surface area (Å²) in [5.74, 6) is 1.28. The highest BCUT2D eigenvalue weighted by atomic mass is 16.5. The van der Waals surface area contributed by atoms with Gasteiger partial charge in [-0.1, -0.05) is 0 Å². The minimum Gasteiger partial charge on any atom is -0.497 e. The van der Waals surface area contributed by atoms with Crippen LogP contribution in [0, 0.1) is 0 Å². The minimum absolute atomic E-state index is 0.169. The number of benzene rings is 1. The maximum absolute atomic E-state index is 9.56. The Hall–Kier alpha value is -1.26. The van der Waals surface area contributed by atoms with Gasteiger partial charge in [-0.05, 0) is 12.1 Å². The lowest BCUT2D eigenvalue weighted by Crippen LogP contribution is -2.12. The highest BCUT2D eigenvalue weighted by molar-refractivity contribution is 5.42. The number of rotatable bonds is 4. The average Bonchev–Trinajstić information content (AvgIpc) is 2.27. The fourth-order valence-electron chi connectivity index (χ4n) is 1.22. The van der Waals surface area contributed by atoms with E-state index in [1.807, 2.05) is 0 Å². The smallest absolute Gasteiger partial charge is 0.128 e. The van der Waals surface area contributed by atoms with Crippen LogP contribution in [0.5, 0.6) is 11.5 Å². The Morgan fingerprint density at radius 2 is 2.07 bits per heavy atom. The lowest BCUT2D eigenvalue weighted by atomic mass is 10.1. The molecule has 0 fully saturated rings. The third-order valence-electron chi connectivity index (χ3n) is 2.02. The molecule has 0 saturated heterocycles. The van der Waals surface area contributed by atoms with Crippen molar-refractivity contribution >= 4 is 0 Å². The van der Waals surface area contributed by atoms with E-state index in [4.69, 9.17) is 15.2 Å². The minimum atomic E-state index is -0.698. The molecule has 0 unspecified atom stereocenters. The first-order chi connectivity index (χ1) is 6.72. The van der Waals surface area contributed by atoms with Crippen molar-refractivity contribution in [3.8, 4) is 11.5 Å². The van der Waals surface area contributed by atoms with E-state index < -0.39 is 6.10 Å². The molecule has 0 spiro atoms. The van der Waals surface area contributed by atoms with E-state index in [1.54, 1.807) is 32.4 Å². The van der Waals surface area contributed by atoms with Gasteiger partial charge in [0.25, 0.3) is 0 Å². The van der Waals surface area contributed by atoms with Gasteiger partial charge >= 0.3 is 0 Å². The quantitative estimate of drug-likeness (QED) is 0.745. The van der Waals surface area contributed by atoms with E-state index in [9.17, 15) is 5.11 Å². The first-order valence-electron chi connectivity index (χ1n) is 4.33. The monoisotopic (exact) mass is 197 g/mol. The maximum atomic E-state index is 9.56. The summed E-state index contributed by atoms with van der Waals surface area (Å²) in [7, 11) is 3.12. The number of nitrogens with two attached hydrogens (primary N) is 1. The molecular formula is C10H15NO3. The molecule has 1 aromatic carbocycles. The summed E-state index contributed by atoms with van der Waals surface area (Å²) in [6.07, 6.45) is -0.698. The van der Waals surface area contributed by atoms with Gasteiger partial charge in [-0.25, -0.2) is 0 Å². The molecule has 0 aromatic heterocycles. The summed E-state index contributed by atoms with van der Waals surface area (Å²) in [5.41, 5.74) is 6.04. The van der Waals surface area contributed by atoms with Crippen LogP contribution in [0.3, 0.4) is 0 Å². The van der Waals surface area contributed by atoms with Gasteiger partial charge in [0.2, 0.25) is 0 Å². The van der Waals surface area contributed by atoms with Crippen LogP contribution in [0.1, 0.15) is 11.7 Å². The second-order valence-electron chi connectivity index (χ2n) is 2.86. The lowest BCUT2D eigenvalue weighted by Gasteiger charge is -2.13. The molecule has 0 aliphatic heterocycles. The molecule has 4 nitrogen and oxygen atoms in total. The van der Waals surface area contributed by atoms with Crippen molar-refractivity contribution in [2.75, 3.05) is 20.8 Å². The Kier molecular flexibility index (Phi) is 3.73. The SMILES string of the molecule is COc1ccc([C@@H](O)CN)c(OC)c1. The predicted molar refractivity (Wildman–Crippen MR) is 53.6 cm³/mol. The van der Waals surface area contributed by atoms with Gasteiger partial charge in [-0.3, -0.25) is 0 Å². The number of methoxy groups -OCH3 is 2. The number of aliphatic hydroxyl groups excluding tert-OH is 1. The molecule has 0 amide bonds. The van der Waals surface area contributed by atoms with Gasteiger partial charge in [0.05, 0.1) is 20.3 Å². The molecule has 0 saturated carbocycles. The third-order valence-corrected chi connectivity index (χ3v) is 2.02. The van der Waals surface area contributed by atoms with E-state index >= 15 is 0 Å². The fourth-order valence-corrected chi connectivity index (χ4v) is 1.22. The van der Waals surface area contributed by atoms with Gasteiger partial charge in [-0.15, -0.1) is 0 Å². The van der Waals surface area contributed by atoms with Crippen molar-refractivity contribution in [2.24, 2.45) is 5.73 Å². The number of hydrogen-bond donors (Lipinski definition) is 2. The topological polar surface area (TPSA) is 64.7 Å². The molecule has 4 heteroatoms. The van der Waals surface area contributed by atoms with Gasteiger partial charge < -0.3 is 20.3 Å². The highest BCUT2D eigenvalue weighted by Gasteiger charge is 2.12. The van der Waals surface area contributed by atoms with Crippen LogP contribution in [0.15, 0.2) is 18.2 Å². The summed E-state index contributed by atoms with van der Waals surface area (Å²) < 4.78 is 10.1. The summed E-state index contributed by atoms with van der Waals surface area (Å²) in [6.45, 7) is 0.169. The number of ether oxygens (including phenoxy) is 2. The van der Waals surface area contributed by atoms with E-state index in [0.29, 0.717) is 17.1 Å². The molecule has 0 aliphatic carbocycles. The summed E-state index contributed by atoms with van der Waals surface area (Å²) in [6, 6.07) is 5.22. The first kappa shape index (κ1) is 10.8. The molecule has 14 heavy (non-hydrogen) atoms. The van der Waals surface area contributed by atoms with Crippen LogP contribution < -0.4 is 15.2 Å². The van der Waals surface area contributed by atoms with Crippen LogP contribution >= 0.6 is 0 Å². The van der Waals surface area contributed by atoms with Crippen molar-refractivity contribution in [3.63, 3.8) is 0 Å². The zero-order valence-corrected chi connectivity index (χ0v) is 8.36. The summed E-state index contributed by atoms with van der Waals surface area (Å²) in [4.78, 5) is 0. The van der Waals surface area contributed by atoms with Gasteiger partial charge in [0.15, 0.2) is 0 Å². The predicted octanol–water partition coefficient (Wildman–Crippen LogP) is 0.696. The van der Waals surface area contributed by atoms with Gasteiger partial charge in [0.1, 0.15) is 11.5 Å². The zero-order chi connectivity index (χ0) is 10.6. The summed E-state index contributed by atoms with van der Waals surface area (Å²) in [5, 5.41) is 9.56. The van der Waals surface area contributed by atoms with Crippen LogP contribution in [0.4, 0.5) is 0 Å². The Balaban J connectivity index is 3.04. The van der Waals surface area contributed by atoms with Crippen LogP contribution in [-0.4, -0.2) is 25.9 Å². The van der Waals surface area contributed by atoms with Crippen molar-refractivity contribution in [2.45, 2.75) is 6.10 Å². The summed E-state index contributed by atoms with van der Waals surface area (Å²) >= 11 is 0. The molecule has 1 atom stereocenters. The van der Waals surface area contributed by atoms with Crippen molar-refractivity contribution in [1.82, 2.24) is 0 Å². The van der Waals surface area contributed by atoms with E-state index in [-0.39, 0.29) is 6.54 Å². The lowest BCUT2D eigenvalue weighted by molar-refractivity contribution is 0.182. The molecule has 0 aliphatic rings. The second kappa shape index (κ2) is 4.83. The van der Waals surface area contributed by atoms with Gasteiger partial charge in [-0.2, -0.15) is 0 Å². The van der Waals surface area contributed by atoms with E-state index in [1.165, 1.54) is 0 Å². The zero-order valence-electron chi connectivity index (χ0n) is 8.36. The second-order valence-corrected chi connectivity index (χ2v) is 2.86. The number of aliphatic hydroxyl groups is 1. The van der Waals surface area contributed by atoms with Crippen molar-refractivity contribution < 1.29 is 14.6 Å². The Bertz CT molecular complexity index is 301. The molecule has 78 valence electrons. The molecule has 3 N–H and O–H groups in total. The molecule has 0 heterocycles. The maximum Gasteiger partial charge on any atom is 0.128 e. The molecule has 1 aromatic rings. The highest BCUT2D eigenvalue weighted by Crippen LogP contribution is 2.28.